The van der Waals surface area contributed by atoms with Crippen LogP contribution in [0.15, 0.2) is 0 Å². The van der Waals surface area contributed by atoms with Crippen LogP contribution in [0.2, 0.25) is 0 Å². The van der Waals surface area contributed by atoms with E-state index < -0.39 is 0 Å². The number of rotatable bonds is 1. The largest absolute Gasteiger partial charge is 0.469 e. The molecule has 4 heteroatoms. The first-order chi connectivity index (χ1) is 16.9. The third kappa shape index (κ3) is 2.93. The summed E-state index contributed by atoms with van der Waals surface area (Å²) in [6.07, 6.45) is 13.1. The second kappa shape index (κ2) is 7.96. The van der Waals surface area contributed by atoms with Crippen molar-refractivity contribution in [2.75, 3.05) is 20.3 Å². The Kier molecular flexibility index (Phi) is 5.68. The van der Waals surface area contributed by atoms with Gasteiger partial charge in [0.05, 0.1) is 25.7 Å². The van der Waals surface area contributed by atoms with E-state index in [-0.39, 0.29) is 22.6 Å². The van der Waals surface area contributed by atoms with E-state index in [4.69, 9.17) is 14.2 Å². The standard InChI is InChI=1S/C32H52O4/c1-21-10-13-31(26(33)34-7)16-15-29(5)22(23(31)20-21)8-9-25-28(4)14-17-32(35-18-19-36-32)27(2,3)24(28)11-12-30(25,29)6/h21-25H,8-20H2,1-7H3/t21-,22?,23-,24?,25?,28-,29-,30+,31?/m0/s1. The first-order valence-corrected chi connectivity index (χ1v) is 15.3. The van der Waals surface area contributed by atoms with Crippen LogP contribution >= 0.6 is 0 Å². The van der Waals surface area contributed by atoms with Crippen molar-refractivity contribution in [1.82, 2.24) is 0 Å². The summed E-state index contributed by atoms with van der Waals surface area (Å²) in [6.45, 7) is 16.8. The van der Waals surface area contributed by atoms with E-state index in [9.17, 15) is 4.79 Å². The zero-order valence-corrected chi connectivity index (χ0v) is 24.2. The number of carbonyl (C=O) groups is 1. The van der Waals surface area contributed by atoms with Gasteiger partial charge >= 0.3 is 5.97 Å². The predicted octanol–water partition coefficient (Wildman–Crippen LogP) is 7.39. The Hall–Kier alpha value is -0.610. The highest BCUT2D eigenvalue weighted by molar-refractivity contribution is 5.77. The minimum Gasteiger partial charge on any atom is -0.469 e. The van der Waals surface area contributed by atoms with Crippen LogP contribution in [-0.4, -0.2) is 32.1 Å². The second-order valence-electron chi connectivity index (χ2n) is 15.5. The molecule has 0 aromatic rings. The van der Waals surface area contributed by atoms with Crippen LogP contribution < -0.4 is 0 Å². The van der Waals surface area contributed by atoms with Gasteiger partial charge in [0.15, 0.2) is 5.79 Å². The number of hydrogen-bond acceptors (Lipinski definition) is 4. The fourth-order valence-corrected chi connectivity index (χ4v) is 12.3. The first-order valence-electron chi connectivity index (χ1n) is 15.3. The summed E-state index contributed by atoms with van der Waals surface area (Å²) in [7, 11) is 1.62. The second-order valence-corrected chi connectivity index (χ2v) is 15.5. The monoisotopic (exact) mass is 500 g/mol. The summed E-state index contributed by atoms with van der Waals surface area (Å²) in [6, 6.07) is 0. The van der Waals surface area contributed by atoms with Crippen molar-refractivity contribution in [1.29, 1.82) is 0 Å². The van der Waals surface area contributed by atoms with Gasteiger partial charge in [-0.25, -0.2) is 0 Å². The van der Waals surface area contributed by atoms with Crippen molar-refractivity contribution in [3.63, 3.8) is 0 Å². The molecule has 6 fully saturated rings. The van der Waals surface area contributed by atoms with Gasteiger partial charge in [-0.1, -0.05) is 41.5 Å². The Morgan fingerprint density at radius 2 is 1.47 bits per heavy atom. The molecule has 1 spiro atoms. The number of ether oxygens (including phenoxy) is 3. The molecule has 0 aromatic carbocycles. The highest BCUT2D eigenvalue weighted by Gasteiger charge is 2.72. The van der Waals surface area contributed by atoms with Gasteiger partial charge in [0, 0.05) is 11.8 Å². The van der Waals surface area contributed by atoms with Crippen LogP contribution in [0.4, 0.5) is 0 Å². The molecule has 0 aromatic heterocycles. The van der Waals surface area contributed by atoms with Crippen LogP contribution in [-0.2, 0) is 19.0 Å². The van der Waals surface area contributed by atoms with Crippen molar-refractivity contribution in [2.24, 2.45) is 56.7 Å². The molecule has 1 heterocycles. The molecule has 0 radical (unpaired) electrons. The molecule has 6 aliphatic rings. The number of methoxy groups -OCH3 is 1. The minimum absolute atomic E-state index is 0.0288. The maximum atomic E-state index is 13.4. The van der Waals surface area contributed by atoms with Crippen LogP contribution in [0.5, 0.6) is 0 Å². The van der Waals surface area contributed by atoms with Gasteiger partial charge in [0.25, 0.3) is 0 Å². The molecule has 6 rings (SSSR count). The van der Waals surface area contributed by atoms with Gasteiger partial charge < -0.3 is 14.2 Å². The fraction of sp³-hybridized carbons (Fsp3) is 0.969. The molecule has 4 unspecified atom stereocenters. The molecule has 5 saturated carbocycles. The lowest BCUT2D eigenvalue weighted by molar-refractivity contribution is -0.317. The Balaban J connectivity index is 1.36. The number of esters is 1. The molecular weight excluding hydrogens is 448 g/mol. The first kappa shape index (κ1) is 25.7. The zero-order chi connectivity index (χ0) is 25.8. The van der Waals surface area contributed by atoms with Gasteiger partial charge in [0.2, 0.25) is 0 Å². The van der Waals surface area contributed by atoms with E-state index in [0.717, 1.165) is 44.3 Å². The van der Waals surface area contributed by atoms with E-state index in [2.05, 4.69) is 41.5 Å². The molecule has 1 saturated heterocycles. The average molecular weight is 501 g/mol. The smallest absolute Gasteiger partial charge is 0.312 e. The van der Waals surface area contributed by atoms with Crippen molar-refractivity contribution in [2.45, 2.75) is 118 Å². The van der Waals surface area contributed by atoms with Gasteiger partial charge in [-0.3, -0.25) is 4.79 Å². The molecule has 204 valence electrons. The topological polar surface area (TPSA) is 44.8 Å². The highest BCUT2D eigenvalue weighted by atomic mass is 16.7. The Morgan fingerprint density at radius 3 is 2.17 bits per heavy atom. The molecule has 0 bridgehead atoms. The summed E-state index contributed by atoms with van der Waals surface area (Å²) >= 11 is 0. The van der Waals surface area contributed by atoms with Gasteiger partial charge in [0.1, 0.15) is 0 Å². The van der Waals surface area contributed by atoms with E-state index in [1.807, 2.05) is 0 Å². The van der Waals surface area contributed by atoms with E-state index in [0.29, 0.717) is 34.0 Å². The zero-order valence-electron chi connectivity index (χ0n) is 24.2. The van der Waals surface area contributed by atoms with Crippen LogP contribution in [0.3, 0.4) is 0 Å². The molecular formula is C32H52O4. The lowest BCUT2D eigenvalue weighted by Gasteiger charge is -2.73. The molecule has 5 aliphatic carbocycles. The SMILES string of the molecule is COC(=O)C12CC[C@H](C)C[C@H]1C1CCC3[C@@]4(C)CCC5(OCCO5)C(C)(C)C4CC[C@@]3(C)[C@@]1(C)CC2. The number of fused-ring (bicyclic) bond motifs is 7. The summed E-state index contributed by atoms with van der Waals surface area (Å²) in [4.78, 5) is 13.4. The maximum Gasteiger partial charge on any atom is 0.312 e. The third-order valence-corrected chi connectivity index (χ3v) is 14.4. The van der Waals surface area contributed by atoms with Crippen LogP contribution in [0.25, 0.3) is 0 Å². The Labute approximate surface area is 220 Å². The molecule has 36 heavy (non-hydrogen) atoms. The average Bonchev–Trinajstić information content (AvgIpc) is 3.33. The summed E-state index contributed by atoms with van der Waals surface area (Å²) in [5.74, 6) is 2.92. The van der Waals surface area contributed by atoms with Gasteiger partial charge in [-0.05, 0) is 110 Å². The minimum atomic E-state index is -0.380. The normalized spacial score (nSPS) is 53.0. The molecule has 0 N–H and O–H groups in total. The van der Waals surface area contributed by atoms with Crippen molar-refractivity contribution < 1.29 is 19.0 Å². The lowest BCUT2D eigenvalue weighted by Crippen LogP contribution is -2.69. The summed E-state index contributed by atoms with van der Waals surface area (Å²) in [5, 5.41) is 0. The number of hydrogen-bond donors (Lipinski definition) is 0. The fourth-order valence-electron chi connectivity index (χ4n) is 12.3. The maximum absolute atomic E-state index is 13.4. The number of carbonyl (C=O) groups excluding carboxylic acids is 1. The molecule has 4 nitrogen and oxygen atoms in total. The van der Waals surface area contributed by atoms with Crippen LogP contribution in [0, 0.1) is 56.7 Å². The molecule has 9 atom stereocenters. The molecule has 1 aliphatic heterocycles. The van der Waals surface area contributed by atoms with Gasteiger partial charge in [-0.2, -0.15) is 0 Å². The third-order valence-electron chi connectivity index (χ3n) is 14.4. The lowest BCUT2D eigenvalue weighted by atomic mass is 9.31. The summed E-state index contributed by atoms with van der Waals surface area (Å²) < 4.78 is 18.3. The van der Waals surface area contributed by atoms with Crippen molar-refractivity contribution in [3.05, 3.63) is 0 Å². The Morgan fingerprint density at radius 1 is 0.750 bits per heavy atom. The quantitative estimate of drug-likeness (QED) is 0.352. The van der Waals surface area contributed by atoms with Gasteiger partial charge in [-0.15, -0.1) is 0 Å². The van der Waals surface area contributed by atoms with Crippen LogP contribution in [0.1, 0.15) is 112 Å². The summed E-state index contributed by atoms with van der Waals surface area (Å²) in [5.41, 5.74) is 0.736. The molecule has 0 amide bonds. The van der Waals surface area contributed by atoms with E-state index in [1.165, 1.54) is 51.4 Å². The Bertz CT molecular complexity index is 906. The highest BCUT2D eigenvalue weighted by Crippen LogP contribution is 2.77. The van der Waals surface area contributed by atoms with Crippen molar-refractivity contribution in [3.8, 4) is 0 Å². The predicted molar refractivity (Wildman–Crippen MR) is 141 cm³/mol. The van der Waals surface area contributed by atoms with Crippen molar-refractivity contribution >= 4 is 5.97 Å². The van der Waals surface area contributed by atoms with E-state index >= 15 is 0 Å². The van der Waals surface area contributed by atoms with E-state index in [1.54, 1.807) is 7.11 Å².